The molecule has 1 atom stereocenters. The van der Waals surface area contributed by atoms with Gasteiger partial charge in [0.15, 0.2) is 0 Å². The number of carbonyl (C=O) groups is 3. The van der Waals surface area contributed by atoms with Crippen molar-refractivity contribution in [3.63, 3.8) is 0 Å². The third kappa shape index (κ3) is 6.52. The zero-order valence-electron chi connectivity index (χ0n) is 22.5. The van der Waals surface area contributed by atoms with Gasteiger partial charge in [-0.1, -0.05) is 32.0 Å². The highest BCUT2D eigenvalue weighted by Crippen LogP contribution is 2.25. The normalized spacial score (nSPS) is 14.8. The van der Waals surface area contributed by atoms with Crippen molar-refractivity contribution in [2.75, 3.05) is 26.2 Å². The molecule has 10 nitrogen and oxygen atoms in total. The van der Waals surface area contributed by atoms with Crippen molar-refractivity contribution >= 4 is 28.6 Å². The van der Waals surface area contributed by atoms with E-state index < -0.39 is 17.9 Å². The molecule has 39 heavy (non-hydrogen) atoms. The van der Waals surface area contributed by atoms with Gasteiger partial charge in [-0.2, -0.15) is 0 Å². The number of primary amides is 1. The molecule has 1 fully saturated rings. The maximum Gasteiger partial charge on any atom is 0.261 e. The second kappa shape index (κ2) is 12.2. The van der Waals surface area contributed by atoms with Crippen LogP contribution in [-0.4, -0.2) is 69.9 Å². The lowest BCUT2D eigenvalue weighted by atomic mass is 9.97. The summed E-state index contributed by atoms with van der Waals surface area (Å²) in [4.78, 5) is 45.6. The molecule has 1 aliphatic rings. The molecule has 10 heteroatoms. The van der Waals surface area contributed by atoms with E-state index in [0.717, 1.165) is 22.2 Å². The first kappa shape index (κ1) is 28.0. The van der Waals surface area contributed by atoms with Gasteiger partial charge < -0.3 is 15.4 Å². The van der Waals surface area contributed by atoms with Crippen molar-refractivity contribution in [3.05, 3.63) is 70.9 Å². The smallest absolute Gasteiger partial charge is 0.261 e. The van der Waals surface area contributed by atoms with Crippen molar-refractivity contribution in [3.8, 4) is 5.75 Å². The number of fused-ring (bicyclic) bond motifs is 1. The van der Waals surface area contributed by atoms with Crippen LogP contribution in [0, 0.1) is 12.8 Å². The zero-order chi connectivity index (χ0) is 28.1. The summed E-state index contributed by atoms with van der Waals surface area (Å²) in [5.74, 6) is -0.746. The molecule has 0 bridgehead atoms. The minimum atomic E-state index is -0.772. The van der Waals surface area contributed by atoms with E-state index in [0.29, 0.717) is 37.5 Å². The Morgan fingerprint density at radius 2 is 1.77 bits per heavy atom. The van der Waals surface area contributed by atoms with Crippen molar-refractivity contribution in [1.82, 2.24) is 20.3 Å². The highest BCUT2D eigenvalue weighted by Gasteiger charge is 2.32. The van der Waals surface area contributed by atoms with Crippen molar-refractivity contribution < 1.29 is 24.3 Å². The number of aryl methyl sites for hydroxylation is 1. The molecule has 1 aliphatic heterocycles. The third-order valence-corrected chi connectivity index (χ3v) is 7.05. The van der Waals surface area contributed by atoms with Gasteiger partial charge in [0.1, 0.15) is 12.4 Å². The molecule has 0 aliphatic carbocycles. The molecule has 1 saturated heterocycles. The largest absolute Gasteiger partial charge is 0.489 e. The lowest BCUT2D eigenvalue weighted by molar-refractivity contribution is -0.139. The zero-order valence-corrected chi connectivity index (χ0v) is 22.5. The molecule has 0 saturated carbocycles. The van der Waals surface area contributed by atoms with Crippen LogP contribution in [0.5, 0.6) is 5.75 Å². The predicted octanol–water partition coefficient (Wildman–Crippen LogP) is 2.44. The Kier molecular flexibility index (Phi) is 8.78. The fourth-order valence-electron chi connectivity index (χ4n) is 5.03. The average Bonchev–Trinajstić information content (AvgIpc) is 2.93. The minimum absolute atomic E-state index is 0.0656. The molecular weight excluding hydrogens is 498 g/mol. The summed E-state index contributed by atoms with van der Waals surface area (Å²) in [5.41, 5.74) is 11.0. The highest BCUT2D eigenvalue weighted by molar-refractivity contribution is 5.95. The van der Waals surface area contributed by atoms with E-state index in [2.05, 4.69) is 4.98 Å². The Labute approximate surface area is 227 Å². The molecule has 4 rings (SSSR count). The van der Waals surface area contributed by atoms with Gasteiger partial charge in [-0.15, -0.1) is 0 Å². The molecule has 2 aromatic carbocycles. The number of para-hydroxylation sites is 1. The lowest BCUT2D eigenvalue weighted by Crippen LogP contribution is -2.56. The number of pyridine rings is 1. The van der Waals surface area contributed by atoms with Crippen LogP contribution in [0.2, 0.25) is 0 Å². The van der Waals surface area contributed by atoms with Gasteiger partial charge in [-0.25, -0.2) is 5.48 Å². The number of nitrogens with zero attached hydrogens (tertiary/aromatic N) is 3. The van der Waals surface area contributed by atoms with Crippen LogP contribution in [0.4, 0.5) is 0 Å². The fraction of sp³-hybridized carbons (Fsp3) is 0.379. The van der Waals surface area contributed by atoms with Crippen LogP contribution in [-0.2, 0) is 22.6 Å². The molecule has 4 N–H and O–H groups in total. The van der Waals surface area contributed by atoms with Gasteiger partial charge in [-0.3, -0.25) is 29.5 Å². The third-order valence-electron chi connectivity index (χ3n) is 7.05. The number of benzene rings is 2. The monoisotopic (exact) mass is 533 g/mol. The molecule has 3 aromatic rings. The Morgan fingerprint density at radius 3 is 2.44 bits per heavy atom. The van der Waals surface area contributed by atoms with E-state index in [9.17, 15) is 19.6 Å². The Bertz CT molecular complexity index is 1370. The maximum atomic E-state index is 12.7. The standard InChI is InChI=1S/C29H35N5O5/c1-18(2)29(37)34-12-10-33(11-13-34)26(28(36)32-38)16-20-15-22(8-9-24(20)27(30)35)39-17-21-14-19(3)31-25-7-5-4-6-23(21)25/h4-9,14-15,18,26,38H,10-13,16-17H2,1-3H3,(H2,30,35)(H,32,36)/t26-/m0/s1. The Morgan fingerprint density at radius 1 is 1.05 bits per heavy atom. The van der Waals surface area contributed by atoms with Crippen LogP contribution in [0.3, 0.4) is 0 Å². The number of nitrogens with two attached hydrogens (primary N) is 1. The number of hydroxylamine groups is 1. The maximum absolute atomic E-state index is 12.7. The number of nitrogens with one attached hydrogen (secondary N) is 1. The van der Waals surface area contributed by atoms with Gasteiger partial charge in [0.2, 0.25) is 11.8 Å². The van der Waals surface area contributed by atoms with Crippen molar-refractivity contribution in [1.29, 1.82) is 0 Å². The van der Waals surface area contributed by atoms with Crippen LogP contribution < -0.4 is 16.0 Å². The quantitative estimate of drug-likeness (QED) is 0.284. The summed E-state index contributed by atoms with van der Waals surface area (Å²) in [6.45, 7) is 7.77. The number of ether oxygens (including phenoxy) is 1. The van der Waals surface area contributed by atoms with E-state index >= 15 is 0 Å². The number of hydrogen-bond acceptors (Lipinski definition) is 7. The summed E-state index contributed by atoms with van der Waals surface area (Å²) in [6, 6.07) is 14.0. The number of amides is 3. The summed E-state index contributed by atoms with van der Waals surface area (Å²) >= 11 is 0. The lowest BCUT2D eigenvalue weighted by Gasteiger charge is -2.39. The second-order valence-electron chi connectivity index (χ2n) is 10.1. The summed E-state index contributed by atoms with van der Waals surface area (Å²) in [5, 5.41) is 10.5. The molecule has 0 unspecified atom stereocenters. The van der Waals surface area contributed by atoms with Gasteiger partial charge in [0.05, 0.1) is 11.6 Å². The van der Waals surface area contributed by atoms with Crippen LogP contribution >= 0.6 is 0 Å². The highest BCUT2D eigenvalue weighted by atomic mass is 16.5. The van der Waals surface area contributed by atoms with Crippen molar-refractivity contribution in [2.45, 2.75) is 39.8 Å². The second-order valence-corrected chi connectivity index (χ2v) is 10.1. The van der Waals surface area contributed by atoms with Gasteiger partial charge >= 0.3 is 0 Å². The van der Waals surface area contributed by atoms with Crippen molar-refractivity contribution in [2.24, 2.45) is 11.7 Å². The van der Waals surface area contributed by atoms with Crippen LogP contribution in [0.15, 0.2) is 48.5 Å². The average molecular weight is 534 g/mol. The van der Waals surface area contributed by atoms with E-state index in [1.807, 2.05) is 56.0 Å². The van der Waals surface area contributed by atoms with E-state index in [1.165, 1.54) is 0 Å². The predicted molar refractivity (Wildman–Crippen MR) is 146 cm³/mol. The fourth-order valence-corrected chi connectivity index (χ4v) is 5.03. The SMILES string of the molecule is Cc1cc(COc2ccc(C(N)=O)c(C[C@@H](C(=O)NO)N3CCN(C(=O)C(C)C)CC3)c2)c2ccccc2n1. The molecule has 1 aromatic heterocycles. The molecule has 2 heterocycles. The Hall–Kier alpha value is -4.02. The van der Waals surface area contributed by atoms with Crippen LogP contribution in [0.1, 0.15) is 41.0 Å². The minimum Gasteiger partial charge on any atom is -0.489 e. The molecule has 0 spiro atoms. The number of aromatic nitrogens is 1. The van der Waals surface area contributed by atoms with Gasteiger partial charge in [0.25, 0.3) is 5.91 Å². The summed E-state index contributed by atoms with van der Waals surface area (Å²) in [6.07, 6.45) is 0.122. The first-order valence-corrected chi connectivity index (χ1v) is 13.1. The number of carbonyl (C=O) groups excluding carboxylic acids is 3. The number of rotatable bonds is 9. The summed E-state index contributed by atoms with van der Waals surface area (Å²) < 4.78 is 6.12. The molecular formula is C29H35N5O5. The first-order valence-electron chi connectivity index (χ1n) is 13.1. The molecule has 0 radical (unpaired) electrons. The number of hydrogen-bond donors (Lipinski definition) is 3. The van der Waals surface area contributed by atoms with Gasteiger partial charge in [0, 0.05) is 54.3 Å². The summed E-state index contributed by atoms with van der Waals surface area (Å²) in [7, 11) is 0. The number of piperazine rings is 1. The van der Waals surface area contributed by atoms with E-state index in [-0.39, 0.29) is 30.4 Å². The van der Waals surface area contributed by atoms with E-state index in [1.54, 1.807) is 28.6 Å². The first-order chi connectivity index (χ1) is 18.7. The van der Waals surface area contributed by atoms with E-state index in [4.69, 9.17) is 10.5 Å². The molecule has 206 valence electrons. The Balaban J connectivity index is 1.55. The topological polar surface area (TPSA) is 138 Å². The van der Waals surface area contributed by atoms with Gasteiger partial charge in [-0.05, 0) is 49.2 Å². The van der Waals surface area contributed by atoms with Crippen LogP contribution in [0.25, 0.3) is 10.9 Å². The molecule has 3 amide bonds.